The van der Waals surface area contributed by atoms with Crippen molar-refractivity contribution in [1.82, 2.24) is 34.7 Å². The van der Waals surface area contributed by atoms with E-state index in [0.29, 0.717) is 29.7 Å². The lowest BCUT2D eigenvalue weighted by molar-refractivity contribution is 0.475. The molecule has 0 aliphatic rings. The summed E-state index contributed by atoms with van der Waals surface area (Å²) in [7, 11) is 0. The Kier molecular flexibility index (Phi) is 5.42. The summed E-state index contributed by atoms with van der Waals surface area (Å²) in [6.45, 7) is 1.10. The molecule has 10 heteroatoms. The number of thioether (sulfide) groups is 1. The first-order valence-corrected chi connectivity index (χ1v) is 11.2. The highest BCUT2D eigenvalue weighted by atomic mass is 32.2. The van der Waals surface area contributed by atoms with Crippen molar-refractivity contribution in [3.8, 4) is 5.75 Å². The molecule has 3 aromatic heterocycles. The smallest absolute Gasteiger partial charge is 0.191 e. The maximum absolute atomic E-state index is 9.76. The van der Waals surface area contributed by atoms with Crippen LogP contribution >= 0.6 is 11.8 Å². The number of benzene rings is 2. The summed E-state index contributed by atoms with van der Waals surface area (Å²) < 4.78 is 3.61. The normalized spacial score (nSPS) is 11.2. The Hall–Kier alpha value is -3.92. The third kappa shape index (κ3) is 4.26. The molecule has 0 radical (unpaired) electrons. The number of anilines is 2. The summed E-state index contributed by atoms with van der Waals surface area (Å²) in [5.41, 5.74) is 3.38. The van der Waals surface area contributed by atoms with Gasteiger partial charge in [-0.05, 0) is 24.0 Å². The molecule has 0 amide bonds. The summed E-state index contributed by atoms with van der Waals surface area (Å²) >= 11 is 1.45. The molecule has 0 fully saturated rings. The van der Waals surface area contributed by atoms with Crippen LogP contribution in [0.2, 0.25) is 0 Å². The maximum Gasteiger partial charge on any atom is 0.191 e. The van der Waals surface area contributed by atoms with Gasteiger partial charge in [-0.2, -0.15) is 5.10 Å². The lowest BCUT2D eigenvalue weighted by Gasteiger charge is -2.09. The van der Waals surface area contributed by atoms with Crippen molar-refractivity contribution in [2.24, 2.45) is 0 Å². The number of phenolic OH excluding ortho intramolecular Hbond substituents is 1. The zero-order valence-electron chi connectivity index (χ0n) is 17.3. The second-order valence-electron chi connectivity index (χ2n) is 7.17. The van der Waals surface area contributed by atoms with Gasteiger partial charge in [-0.15, -0.1) is 5.10 Å². The van der Waals surface area contributed by atoms with E-state index in [1.807, 2.05) is 41.4 Å². The average Bonchev–Trinajstić information content (AvgIpc) is 3.42. The molecule has 0 aliphatic heterocycles. The Morgan fingerprint density at radius 3 is 2.72 bits per heavy atom. The summed E-state index contributed by atoms with van der Waals surface area (Å²) in [4.78, 5) is 9.24. The van der Waals surface area contributed by atoms with Crippen molar-refractivity contribution in [2.45, 2.75) is 18.2 Å². The molecule has 2 N–H and O–H groups in total. The molecule has 5 rings (SSSR count). The van der Waals surface area contributed by atoms with Crippen LogP contribution in [0.1, 0.15) is 11.3 Å². The third-order valence-electron chi connectivity index (χ3n) is 4.85. The molecule has 9 nitrogen and oxygen atoms in total. The molecule has 0 saturated carbocycles. The van der Waals surface area contributed by atoms with Gasteiger partial charge in [0.05, 0.1) is 30.9 Å². The van der Waals surface area contributed by atoms with E-state index in [9.17, 15) is 5.11 Å². The number of aromatic nitrogens is 7. The van der Waals surface area contributed by atoms with E-state index in [0.717, 1.165) is 22.3 Å². The predicted octanol–water partition coefficient (Wildman–Crippen LogP) is 3.69. The van der Waals surface area contributed by atoms with Crippen LogP contribution in [0.15, 0.2) is 72.1 Å². The van der Waals surface area contributed by atoms with Crippen LogP contribution in [0.3, 0.4) is 0 Å². The van der Waals surface area contributed by atoms with Crippen molar-refractivity contribution >= 4 is 34.3 Å². The van der Waals surface area contributed by atoms with Crippen LogP contribution in [0.25, 0.3) is 11.0 Å². The Labute approximate surface area is 188 Å². The van der Waals surface area contributed by atoms with Gasteiger partial charge in [0.2, 0.25) is 0 Å². The fourth-order valence-corrected chi connectivity index (χ4v) is 3.73. The molecule has 3 heterocycles. The number of fused-ring (bicyclic) bond motifs is 1. The van der Waals surface area contributed by atoms with E-state index in [2.05, 4.69) is 42.8 Å². The Morgan fingerprint density at radius 1 is 1.03 bits per heavy atom. The van der Waals surface area contributed by atoms with Gasteiger partial charge in [-0.25, -0.2) is 19.3 Å². The predicted molar refractivity (Wildman–Crippen MR) is 123 cm³/mol. The number of nitrogens with zero attached hydrogens (tertiary/aromatic N) is 7. The van der Waals surface area contributed by atoms with Gasteiger partial charge in [0, 0.05) is 11.8 Å². The molecular weight excluding hydrogens is 424 g/mol. The molecular formula is C22H20N8OS. The van der Waals surface area contributed by atoms with E-state index in [1.165, 1.54) is 11.8 Å². The molecule has 2 aromatic carbocycles. The van der Waals surface area contributed by atoms with Gasteiger partial charge in [0.15, 0.2) is 10.8 Å². The van der Waals surface area contributed by atoms with Crippen LogP contribution < -0.4 is 5.32 Å². The summed E-state index contributed by atoms with van der Waals surface area (Å²) in [6.07, 6.45) is 5.58. The highest BCUT2D eigenvalue weighted by molar-refractivity contribution is 7.98. The molecule has 5 aromatic rings. The van der Waals surface area contributed by atoms with Crippen molar-refractivity contribution < 1.29 is 5.11 Å². The SMILES string of the molecule is CSc1nc(Nc2cccc(O)c2)c2cnn(Cc3cn(Cc4ccccc4)nn3)c2n1. The average molecular weight is 445 g/mol. The van der Waals surface area contributed by atoms with Crippen LogP contribution in [-0.4, -0.2) is 46.1 Å². The lowest BCUT2D eigenvalue weighted by Crippen LogP contribution is -2.05. The lowest BCUT2D eigenvalue weighted by atomic mass is 10.2. The molecule has 32 heavy (non-hydrogen) atoms. The molecule has 0 bridgehead atoms. The highest BCUT2D eigenvalue weighted by Gasteiger charge is 2.15. The molecule has 0 atom stereocenters. The molecule has 160 valence electrons. The fraction of sp³-hybridized carbons (Fsp3) is 0.136. The summed E-state index contributed by atoms with van der Waals surface area (Å²) in [5, 5.41) is 27.5. The first-order chi connectivity index (χ1) is 15.7. The zero-order chi connectivity index (χ0) is 21.9. The van der Waals surface area contributed by atoms with E-state index < -0.39 is 0 Å². The summed E-state index contributed by atoms with van der Waals surface area (Å²) in [5.74, 6) is 0.809. The number of phenols is 1. The van der Waals surface area contributed by atoms with Crippen LogP contribution in [0, 0.1) is 0 Å². The number of hydrogen-bond donors (Lipinski definition) is 2. The van der Waals surface area contributed by atoms with Crippen molar-refractivity contribution in [3.05, 3.63) is 78.2 Å². The van der Waals surface area contributed by atoms with E-state index >= 15 is 0 Å². The molecule has 0 spiro atoms. The first kappa shape index (κ1) is 20.0. The maximum atomic E-state index is 9.76. The standard InChI is InChI=1S/C22H20N8OS/c1-32-22-25-20(24-16-8-5-9-18(31)10-16)19-11-23-30(21(19)26-22)14-17-13-29(28-27-17)12-15-6-3-2-4-7-15/h2-11,13,31H,12,14H2,1H3,(H,24,25,26). The number of aromatic hydroxyl groups is 1. The Morgan fingerprint density at radius 2 is 1.91 bits per heavy atom. The second-order valence-corrected chi connectivity index (χ2v) is 7.94. The van der Waals surface area contributed by atoms with Gasteiger partial charge in [0.1, 0.15) is 17.3 Å². The monoisotopic (exact) mass is 444 g/mol. The highest BCUT2D eigenvalue weighted by Crippen LogP contribution is 2.27. The Bertz CT molecular complexity index is 1370. The minimum atomic E-state index is 0.180. The quantitative estimate of drug-likeness (QED) is 0.289. The van der Waals surface area contributed by atoms with Crippen molar-refractivity contribution in [1.29, 1.82) is 0 Å². The van der Waals surface area contributed by atoms with Gasteiger partial charge >= 0.3 is 0 Å². The van der Waals surface area contributed by atoms with Crippen molar-refractivity contribution in [2.75, 3.05) is 11.6 Å². The fourth-order valence-electron chi connectivity index (χ4n) is 3.37. The molecule has 0 aliphatic carbocycles. The molecule has 0 saturated heterocycles. The third-order valence-corrected chi connectivity index (χ3v) is 5.40. The number of hydrogen-bond acceptors (Lipinski definition) is 8. The zero-order valence-corrected chi connectivity index (χ0v) is 18.1. The van der Waals surface area contributed by atoms with Crippen LogP contribution in [0.5, 0.6) is 5.75 Å². The van der Waals surface area contributed by atoms with E-state index in [1.54, 1.807) is 29.1 Å². The first-order valence-electron chi connectivity index (χ1n) is 9.94. The minimum absolute atomic E-state index is 0.180. The van der Waals surface area contributed by atoms with Gasteiger partial charge < -0.3 is 10.4 Å². The van der Waals surface area contributed by atoms with Crippen LogP contribution in [-0.2, 0) is 13.1 Å². The van der Waals surface area contributed by atoms with Gasteiger partial charge in [-0.1, -0.05) is 53.4 Å². The largest absolute Gasteiger partial charge is 0.508 e. The minimum Gasteiger partial charge on any atom is -0.508 e. The Balaban J connectivity index is 1.43. The summed E-state index contributed by atoms with van der Waals surface area (Å²) in [6, 6.07) is 17.0. The van der Waals surface area contributed by atoms with E-state index in [4.69, 9.17) is 0 Å². The topological polar surface area (TPSA) is 107 Å². The van der Waals surface area contributed by atoms with E-state index in [-0.39, 0.29) is 5.75 Å². The van der Waals surface area contributed by atoms with Crippen molar-refractivity contribution in [3.63, 3.8) is 0 Å². The second kappa shape index (κ2) is 8.67. The van der Waals surface area contributed by atoms with Gasteiger partial charge in [0.25, 0.3) is 0 Å². The number of rotatable bonds is 7. The van der Waals surface area contributed by atoms with Gasteiger partial charge in [-0.3, -0.25) is 0 Å². The number of nitrogens with one attached hydrogen (secondary N) is 1. The van der Waals surface area contributed by atoms with Crippen LogP contribution in [0.4, 0.5) is 11.5 Å². The molecule has 0 unspecified atom stereocenters.